The smallest absolute Gasteiger partial charge is 0.142 e. The Labute approximate surface area is 128 Å². The molecule has 1 aliphatic rings. The summed E-state index contributed by atoms with van der Waals surface area (Å²) in [6.45, 7) is 9.90. The molecule has 4 nitrogen and oxygen atoms in total. The first-order chi connectivity index (χ1) is 10.3. The van der Waals surface area contributed by atoms with Gasteiger partial charge in [-0.15, -0.1) is 0 Å². The van der Waals surface area contributed by atoms with Crippen LogP contribution in [-0.4, -0.2) is 45.5 Å². The highest BCUT2D eigenvalue weighted by molar-refractivity contribution is 5.58. The van der Waals surface area contributed by atoms with Gasteiger partial charge in [-0.3, -0.25) is 0 Å². The summed E-state index contributed by atoms with van der Waals surface area (Å²) in [5.41, 5.74) is 1.22. The second-order valence-electron chi connectivity index (χ2n) is 5.68. The average Bonchev–Trinajstić information content (AvgIpc) is 2.68. The first-order valence-electron chi connectivity index (χ1n) is 8.06. The highest BCUT2D eigenvalue weighted by atomic mass is 16.5. The maximum atomic E-state index is 5.78. The van der Waals surface area contributed by atoms with Crippen molar-refractivity contribution in [3.8, 4) is 5.75 Å². The molecule has 118 valence electrons. The van der Waals surface area contributed by atoms with Gasteiger partial charge in [0.2, 0.25) is 0 Å². The zero-order chi connectivity index (χ0) is 14.9. The topological polar surface area (TPSA) is 33.7 Å². The van der Waals surface area contributed by atoms with Crippen LogP contribution in [0.15, 0.2) is 24.3 Å². The first-order valence-corrected chi connectivity index (χ1v) is 8.06. The molecule has 0 spiro atoms. The van der Waals surface area contributed by atoms with E-state index in [1.165, 1.54) is 5.69 Å². The molecular weight excluding hydrogens is 264 g/mol. The second kappa shape index (κ2) is 8.90. The number of para-hydroxylation sites is 2. The van der Waals surface area contributed by atoms with Gasteiger partial charge in [-0.2, -0.15) is 0 Å². The fourth-order valence-electron chi connectivity index (χ4n) is 2.49. The van der Waals surface area contributed by atoms with E-state index in [9.17, 15) is 0 Å². The van der Waals surface area contributed by atoms with E-state index in [1.807, 2.05) is 6.07 Å². The maximum absolute atomic E-state index is 5.78. The lowest BCUT2D eigenvalue weighted by atomic mass is 10.2. The molecule has 2 rings (SSSR count). The molecule has 4 heteroatoms. The molecule has 1 aliphatic heterocycles. The molecular formula is C17H28N2O2. The number of rotatable bonds is 8. The van der Waals surface area contributed by atoms with Crippen molar-refractivity contribution in [2.24, 2.45) is 0 Å². The Morgan fingerprint density at radius 2 is 2.14 bits per heavy atom. The predicted molar refractivity (Wildman–Crippen MR) is 87.3 cm³/mol. The monoisotopic (exact) mass is 292 g/mol. The summed E-state index contributed by atoms with van der Waals surface area (Å²) in [5, 5.41) is 3.50. The molecule has 0 radical (unpaired) electrons. The van der Waals surface area contributed by atoms with Crippen LogP contribution in [-0.2, 0) is 4.74 Å². The van der Waals surface area contributed by atoms with Gasteiger partial charge in [0, 0.05) is 26.2 Å². The summed E-state index contributed by atoms with van der Waals surface area (Å²) in [5.74, 6) is 1.01. The van der Waals surface area contributed by atoms with Crippen LogP contribution in [0, 0.1) is 0 Å². The molecule has 0 atom stereocenters. The fourth-order valence-corrected chi connectivity index (χ4v) is 2.49. The molecule has 0 aliphatic carbocycles. The van der Waals surface area contributed by atoms with Crippen molar-refractivity contribution in [1.82, 2.24) is 5.32 Å². The molecule has 0 amide bonds. The Morgan fingerprint density at radius 1 is 1.29 bits per heavy atom. The molecule has 0 unspecified atom stereocenters. The van der Waals surface area contributed by atoms with Crippen molar-refractivity contribution in [3.63, 3.8) is 0 Å². The Balaban J connectivity index is 1.68. The molecule has 0 fully saturated rings. The summed E-state index contributed by atoms with van der Waals surface area (Å²) >= 11 is 0. The quantitative estimate of drug-likeness (QED) is 0.747. The van der Waals surface area contributed by atoms with E-state index in [1.54, 1.807) is 0 Å². The van der Waals surface area contributed by atoms with Crippen LogP contribution < -0.4 is 15.0 Å². The molecule has 1 aromatic rings. The summed E-state index contributed by atoms with van der Waals surface area (Å²) in [6, 6.07) is 8.33. The van der Waals surface area contributed by atoms with Crippen LogP contribution in [0.1, 0.15) is 26.7 Å². The number of hydrogen-bond donors (Lipinski definition) is 1. The minimum Gasteiger partial charge on any atom is -0.491 e. The van der Waals surface area contributed by atoms with Crippen LogP contribution in [0.3, 0.4) is 0 Å². The minimum atomic E-state index is 0.332. The van der Waals surface area contributed by atoms with E-state index in [2.05, 4.69) is 42.3 Å². The number of ether oxygens (including phenoxy) is 2. The molecule has 0 saturated carbocycles. The van der Waals surface area contributed by atoms with Gasteiger partial charge in [-0.05, 0) is 45.4 Å². The van der Waals surface area contributed by atoms with Crippen molar-refractivity contribution in [2.75, 3.05) is 44.3 Å². The SMILES string of the molecule is CC(C)OCCCNCCN1CCCOc2ccccc21. The third kappa shape index (κ3) is 5.56. The number of fused-ring (bicyclic) bond motifs is 1. The van der Waals surface area contributed by atoms with Gasteiger partial charge in [0.25, 0.3) is 0 Å². The van der Waals surface area contributed by atoms with Gasteiger partial charge in [0.15, 0.2) is 0 Å². The second-order valence-corrected chi connectivity index (χ2v) is 5.68. The Bertz CT molecular complexity index is 410. The highest BCUT2D eigenvalue weighted by Crippen LogP contribution is 2.29. The Kier molecular flexibility index (Phi) is 6.83. The molecule has 0 saturated heterocycles. The molecule has 21 heavy (non-hydrogen) atoms. The van der Waals surface area contributed by atoms with E-state index in [0.717, 1.165) is 58.0 Å². The number of anilines is 1. The molecule has 0 aromatic heterocycles. The lowest BCUT2D eigenvalue weighted by Gasteiger charge is -2.23. The molecule has 0 bridgehead atoms. The average molecular weight is 292 g/mol. The van der Waals surface area contributed by atoms with E-state index in [0.29, 0.717) is 6.10 Å². The summed E-state index contributed by atoms with van der Waals surface area (Å²) in [4.78, 5) is 2.42. The normalized spacial score (nSPS) is 14.7. The van der Waals surface area contributed by atoms with Crippen LogP contribution >= 0.6 is 0 Å². The number of nitrogens with zero attached hydrogens (tertiary/aromatic N) is 1. The number of hydrogen-bond acceptors (Lipinski definition) is 4. The van der Waals surface area contributed by atoms with Crippen molar-refractivity contribution in [2.45, 2.75) is 32.8 Å². The first kappa shape index (κ1) is 16.1. The van der Waals surface area contributed by atoms with E-state index in [4.69, 9.17) is 9.47 Å². The van der Waals surface area contributed by atoms with Crippen LogP contribution in [0.2, 0.25) is 0 Å². The number of nitrogens with one attached hydrogen (secondary N) is 1. The summed E-state index contributed by atoms with van der Waals surface area (Å²) in [6.07, 6.45) is 2.48. The van der Waals surface area contributed by atoms with Gasteiger partial charge < -0.3 is 19.7 Å². The van der Waals surface area contributed by atoms with Gasteiger partial charge in [0.1, 0.15) is 5.75 Å². The number of benzene rings is 1. The van der Waals surface area contributed by atoms with Gasteiger partial charge >= 0.3 is 0 Å². The third-order valence-electron chi connectivity index (χ3n) is 3.54. The van der Waals surface area contributed by atoms with Crippen molar-refractivity contribution >= 4 is 5.69 Å². The van der Waals surface area contributed by atoms with E-state index in [-0.39, 0.29) is 0 Å². The zero-order valence-electron chi connectivity index (χ0n) is 13.3. The third-order valence-corrected chi connectivity index (χ3v) is 3.54. The summed E-state index contributed by atoms with van der Waals surface area (Å²) < 4.78 is 11.3. The van der Waals surface area contributed by atoms with Crippen LogP contribution in [0.5, 0.6) is 5.75 Å². The lowest BCUT2D eigenvalue weighted by molar-refractivity contribution is 0.0771. The van der Waals surface area contributed by atoms with Crippen LogP contribution in [0.4, 0.5) is 5.69 Å². The van der Waals surface area contributed by atoms with Crippen molar-refractivity contribution in [3.05, 3.63) is 24.3 Å². The van der Waals surface area contributed by atoms with Gasteiger partial charge in [-0.25, -0.2) is 0 Å². The molecule has 1 aromatic carbocycles. The lowest BCUT2D eigenvalue weighted by Crippen LogP contribution is -2.33. The maximum Gasteiger partial charge on any atom is 0.142 e. The molecule has 1 heterocycles. The van der Waals surface area contributed by atoms with E-state index >= 15 is 0 Å². The Morgan fingerprint density at radius 3 is 3.00 bits per heavy atom. The predicted octanol–water partition coefficient (Wildman–Crippen LogP) is 2.68. The van der Waals surface area contributed by atoms with Crippen molar-refractivity contribution < 1.29 is 9.47 Å². The largest absolute Gasteiger partial charge is 0.491 e. The van der Waals surface area contributed by atoms with Gasteiger partial charge in [-0.1, -0.05) is 12.1 Å². The van der Waals surface area contributed by atoms with Crippen molar-refractivity contribution in [1.29, 1.82) is 0 Å². The fraction of sp³-hybridized carbons (Fsp3) is 0.647. The standard InChI is InChI=1S/C17H28N2O2/c1-15(2)20-13-5-9-18-10-12-19-11-6-14-21-17-8-4-3-7-16(17)19/h3-4,7-8,15,18H,5-6,9-14H2,1-2H3. The zero-order valence-corrected chi connectivity index (χ0v) is 13.3. The molecule has 1 N–H and O–H groups in total. The summed E-state index contributed by atoms with van der Waals surface area (Å²) in [7, 11) is 0. The van der Waals surface area contributed by atoms with Crippen LogP contribution in [0.25, 0.3) is 0 Å². The van der Waals surface area contributed by atoms with Gasteiger partial charge in [0.05, 0.1) is 18.4 Å². The Hall–Kier alpha value is -1.26. The van der Waals surface area contributed by atoms with E-state index < -0.39 is 0 Å². The highest BCUT2D eigenvalue weighted by Gasteiger charge is 2.14. The minimum absolute atomic E-state index is 0.332.